The number of hydrogen-bond acceptors (Lipinski definition) is 4. The van der Waals surface area contributed by atoms with Crippen molar-refractivity contribution in [2.75, 3.05) is 14.7 Å². The first kappa shape index (κ1) is 35.7. The van der Waals surface area contributed by atoms with Gasteiger partial charge >= 0.3 is 0 Å². The third-order valence-electron chi connectivity index (χ3n) is 14.9. The zero-order valence-electron chi connectivity index (χ0n) is 35.5. The average Bonchev–Trinajstić information content (AvgIpc) is 3.73. The minimum Gasteiger partial charge on any atom is -0.456 e. The molecule has 1 saturated carbocycles. The van der Waals surface area contributed by atoms with Crippen molar-refractivity contribution in [3.63, 3.8) is 0 Å². The van der Waals surface area contributed by atoms with Crippen LogP contribution in [0.1, 0.15) is 77.0 Å². The Hall–Kier alpha value is -6.20. The van der Waals surface area contributed by atoms with Crippen molar-refractivity contribution >= 4 is 90.5 Å². The summed E-state index contributed by atoms with van der Waals surface area (Å²) in [6, 6.07) is 54.2. The smallest absolute Gasteiger partial charge is 0.252 e. The molecule has 4 heterocycles. The summed E-state index contributed by atoms with van der Waals surface area (Å²) in [6.07, 6.45) is 4.90. The highest BCUT2D eigenvalue weighted by Gasteiger charge is 2.61. The Bertz CT molecular complexity index is 3020. The molecule has 2 atom stereocenters. The fraction of sp³-hybridized carbons (Fsp3) is 0.236. The second-order valence-corrected chi connectivity index (χ2v) is 19.3. The lowest BCUT2D eigenvalue weighted by molar-refractivity contribution is 0.195. The van der Waals surface area contributed by atoms with Crippen LogP contribution in [0, 0.1) is 6.92 Å². The lowest BCUT2D eigenvalue weighted by Crippen LogP contribution is -2.64. The van der Waals surface area contributed by atoms with E-state index in [2.05, 4.69) is 202 Å². The molecule has 12 rings (SSSR count). The van der Waals surface area contributed by atoms with Crippen LogP contribution >= 0.6 is 0 Å². The van der Waals surface area contributed by atoms with E-state index in [4.69, 9.17) is 4.42 Å². The van der Waals surface area contributed by atoms with Gasteiger partial charge < -0.3 is 19.1 Å². The molecular formula is C55H50BN3O. The van der Waals surface area contributed by atoms with Gasteiger partial charge in [0.25, 0.3) is 6.71 Å². The van der Waals surface area contributed by atoms with E-state index >= 15 is 0 Å². The quantitative estimate of drug-likeness (QED) is 0.166. The Morgan fingerprint density at radius 3 is 2.05 bits per heavy atom. The van der Waals surface area contributed by atoms with Crippen molar-refractivity contribution in [2.24, 2.45) is 0 Å². The molecule has 4 aliphatic rings. The van der Waals surface area contributed by atoms with Crippen molar-refractivity contribution in [2.45, 2.75) is 83.6 Å². The Morgan fingerprint density at radius 2 is 1.30 bits per heavy atom. The van der Waals surface area contributed by atoms with Gasteiger partial charge in [-0.1, -0.05) is 119 Å². The lowest BCUT2D eigenvalue weighted by Gasteiger charge is -2.53. The Morgan fingerprint density at radius 1 is 0.617 bits per heavy atom. The zero-order chi connectivity index (χ0) is 40.7. The van der Waals surface area contributed by atoms with E-state index < -0.39 is 0 Å². The predicted molar refractivity (Wildman–Crippen MR) is 254 cm³/mol. The van der Waals surface area contributed by atoms with Gasteiger partial charge in [0, 0.05) is 50.6 Å². The maximum absolute atomic E-state index is 6.61. The Labute approximate surface area is 354 Å². The monoisotopic (exact) mass is 779 g/mol. The van der Waals surface area contributed by atoms with Crippen LogP contribution in [0.5, 0.6) is 0 Å². The second kappa shape index (κ2) is 12.4. The standard InChI is InChI=1S/C55H50BN3O/c1-35-30-46-51-47(31-35)59-52-41(54(5)28-15-16-29-55(54,59)6)32-36(53(2,3)4)33-43(52)56(51)42-27-26-39(57(37-18-9-7-10-19-37)38-20-11-8-12-21-38)34-45(42)58(46)44-23-17-25-49-50(44)40-22-13-14-24-48(40)60-49/h7-14,17-27,30-34H,15-16,28-29H2,1-6H3. The summed E-state index contributed by atoms with van der Waals surface area (Å²) >= 11 is 0. The molecule has 3 aliphatic heterocycles. The summed E-state index contributed by atoms with van der Waals surface area (Å²) in [5.74, 6) is 0. The van der Waals surface area contributed by atoms with Crippen LogP contribution in [0.2, 0.25) is 0 Å². The predicted octanol–water partition coefficient (Wildman–Crippen LogP) is 13.0. The van der Waals surface area contributed by atoms with E-state index in [9.17, 15) is 0 Å². The fourth-order valence-corrected chi connectivity index (χ4v) is 11.8. The maximum atomic E-state index is 6.61. The molecule has 0 amide bonds. The molecular weight excluding hydrogens is 729 g/mol. The van der Waals surface area contributed by atoms with Crippen molar-refractivity contribution in [1.82, 2.24) is 0 Å². The summed E-state index contributed by atoms with van der Waals surface area (Å²) in [5.41, 5.74) is 20.0. The molecule has 2 unspecified atom stereocenters. The van der Waals surface area contributed by atoms with Crippen molar-refractivity contribution in [1.29, 1.82) is 0 Å². The van der Waals surface area contributed by atoms with Gasteiger partial charge in [0.15, 0.2) is 0 Å². The number of fused-ring (bicyclic) bond motifs is 10. The van der Waals surface area contributed by atoms with Gasteiger partial charge in [0.05, 0.1) is 16.6 Å². The summed E-state index contributed by atoms with van der Waals surface area (Å²) in [6.45, 7) is 14.7. The van der Waals surface area contributed by atoms with E-state index in [1.807, 2.05) is 0 Å². The van der Waals surface area contributed by atoms with Crippen LogP contribution in [0.4, 0.5) is 45.5 Å². The topological polar surface area (TPSA) is 22.9 Å². The maximum Gasteiger partial charge on any atom is 0.252 e. The van der Waals surface area contributed by atoms with Crippen molar-refractivity contribution in [3.8, 4) is 0 Å². The third kappa shape index (κ3) is 4.75. The minimum absolute atomic E-state index is 0.00595. The number of anilines is 8. The van der Waals surface area contributed by atoms with E-state index in [-0.39, 0.29) is 23.1 Å². The Kier molecular flexibility index (Phi) is 7.40. The largest absolute Gasteiger partial charge is 0.456 e. The van der Waals surface area contributed by atoms with Gasteiger partial charge in [0.2, 0.25) is 0 Å². The van der Waals surface area contributed by atoms with E-state index in [1.165, 1.54) is 75.9 Å². The number of benzene rings is 7. The molecule has 0 bridgehead atoms. The van der Waals surface area contributed by atoms with E-state index in [0.29, 0.717) is 0 Å². The molecule has 8 aromatic rings. The summed E-state index contributed by atoms with van der Waals surface area (Å²) in [4.78, 5) is 7.84. The first-order valence-electron chi connectivity index (χ1n) is 21.9. The molecule has 0 spiro atoms. The van der Waals surface area contributed by atoms with Crippen LogP contribution in [-0.4, -0.2) is 12.3 Å². The molecule has 0 radical (unpaired) electrons. The first-order valence-corrected chi connectivity index (χ1v) is 21.9. The minimum atomic E-state index is -0.0486. The molecule has 7 aromatic carbocycles. The number of aryl methyl sites for hydroxylation is 1. The SMILES string of the molecule is Cc1cc2c3c(c1)N1c4c(cc(C(C)(C)C)cc4C4(C)CCCCC14C)B3c1ccc(N(c3ccccc3)c3ccccc3)cc1N2c1cccc2oc3ccccc3c12. The summed E-state index contributed by atoms with van der Waals surface area (Å²) in [7, 11) is 0. The van der Waals surface area contributed by atoms with Crippen molar-refractivity contribution in [3.05, 3.63) is 162 Å². The molecule has 294 valence electrons. The highest BCUT2D eigenvalue weighted by Crippen LogP contribution is 2.62. The van der Waals surface area contributed by atoms with E-state index in [0.717, 1.165) is 44.7 Å². The molecule has 1 fully saturated rings. The molecule has 0 saturated heterocycles. The van der Waals surface area contributed by atoms with Gasteiger partial charge in [0.1, 0.15) is 11.2 Å². The Balaban J connectivity index is 1.21. The van der Waals surface area contributed by atoms with Crippen LogP contribution < -0.4 is 31.1 Å². The molecule has 0 N–H and O–H groups in total. The van der Waals surface area contributed by atoms with Crippen LogP contribution in [0.25, 0.3) is 21.9 Å². The fourth-order valence-electron chi connectivity index (χ4n) is 11.8. The van der Waals surface area contributed by atoms with Crippen LogP contribution in [0.15, 0.2) is 150 Å². The zero-order valence-corrected chi connectivity index (χ0v) is 35.5. The number of nitrogens with zero attached hydrogens (tertiary/aromatic N) is 3. The molecule has 60 heavy (non-hydrogen) atoms. The van der Waals surface area contributed by atoms with E-state index in [1.54, 1.807) is 5.56 Å². The number of hydrogen-bond donors (Lipinski definition) is 0. The number of furan rings is 1. The summed E-state index contributed by atoms with van der Waals surface area (Å²) in [5, 5.41) is 2.28. The highest BCUT2D eigenvalue weighted by atomic mass is 16.3. The third-order valence-corrected chi connectivity index (χ3v) is 14.9. The molecule has 1 aliphatic carbocycles. The lowest BCUT2D eigenvalue weighted by atomic mass is 9.33. The van der Waals surface area contributed by atoms with Gasteiger partial charge in [-0.2, -0.15) is 0 Å². The van der Waals surface area contributed by atoms with Crippen molar-refractivity contribution < 1.29 is 4.42 Å². The normalized spacial score (nSPS) is 19.9. The molecule has 5 heteroatoms. The molecule has 1 aromatic heterocycles. The average molecular weight is 780 g/mol. The van der Waals surface area contributed by atoms with Crippen LogP contribution in [-0.2, 0) is 10.8 Å². The van der Waals surface area contributed by atoms with Gasteiger partial charge in [-0.05, 0) is 132 Å². The van der Waals surface area contributed by atoms with Crippen LogP contribution in [0.3, 0.4) is 0 Å². The number of para-hydroxylation sites is 3. The van der Waals surface area contributed by atoms with Gasteiger partial charge in [-0.15, -0.1) is 0 Å². The second-order valence-electron chi connectivity index (χ2n) is 19.3. The first-order chi connectivity index (χ1) is 29.0. The summed E-state index contributed by atoms with van der Waals surface area (Å²) < 4.78 is 6.61. The highest BCUT2D eigenvalue weighted by molar-refractivity contribution is 7.00. The van der Waals surface area contributed by atoms with Gasteiger partial charge in [-0.25, -0.2) is 0 Å². The van der Waals surface area contributed by atoms with Gasteiger partial charge in [-0.3, -0.25) is 0 Å². The number of rotatable bonds is 4. The molecule has 4 nitrogen and oxygen atoms in total.